The van der Waals surface area contributed by atoms with Crippen LogP contribution >= 0.6 is 0 Å². The van der Waals surface area contributed by atoms with Gasteiger partial charge in [-0.05, 0) is 44.9 Å². The van der Waals surface area contributed by atoms with Crippen LogP contribution < -0.4 is 5.32 Å². The number of unbranched alkanes of at least 4 members (excludes halogenated alkanes) is 1. The highest BCUT2D eigenvalue weighted by Crippen LogP contribution is 2.33. The molecule has 0 fully saturated rings. The van der Waals surface area contributed by atoms with Gasteiger partial charge in [0.25, 0.3) is 0 Å². The van der Waals surface area contributed by atoms with Gasteiger partial charge in [-0.2, -0.15) is 18.4 Å². The van der Waals surface area contributed by atoms with E-state index in [2.05, 4.69) is 5.32 Å². The van der Waals surface area contributed by atoms with Crippen LogP contribution in [0, 0.1) is 11.3 Å². The minimum atomic E-state index is -4.52. The predicted molar refractivity (Wildman–Crippen MR) is 75.0 cm³/mol. The molecule has 0 atom stereocenters. The minimum absolute atomic E-state index is 0.186. The van der Waals surface area contributed by atoms with Crippen LogP contribution in [0.15, 0.2) is 18.2 Å². The molecule has 0 aliphatic heterocycles. The maximum atomic E-state index is 12.8. The molecule has 0 unspecified atom stereocenters. The molecule has 0 spiro atoms. The second-order valence-corrected chi connectivity index (χ2v) is 4.92. The normalized spacial score (nSPS) is 11.5. The van der Waals surface area contributed by atoms with Crippen LogP contribution in [-0.4, -0.2) is 19.3 Å². The third kappa shape index (κ3) is 6.05. The third-order valence-corrected chi connectivity index (χ3v) is 2.80. The van der Waals surface area contributed by atoms with E-state index in [4.69, 9.17) is 10.00 Å². The summed E-state index contributed by atoms with van der Waals surface area (Å²) in [5.74, 6) is 0. The van der Waals surface area contributed by atoms with Gasteiger partial charge in [0.2, 0.25) is 0 Å². The molecular formula is C15H19F3N2O. The van der Waals surface area contributed by atoms with Crippen molar-refractivity contribution in [1.29, 1.82) is 5.26 Å². The molecule has 21 heavy (non-hydrogen) atoms. The number of hydrogen-bond donors (Lipinski definition) is 1. The summed E-state index contributed by atoms with van der Waals surface area (Å²) in [6.07, 6.45) is -2.69. The Morgan fingerprint density at radius 1 is 1.29 bits per heavy atom. The van der Waals surface area contributed by atoms with Gasteiger partial charge in [0.05, 0.1) is 23.3 Å². The number of hydrogen-bond acceptors (Lipinski definition) is 3. The molecule has 0 amide bonds. The van der Waals surface area contributed by atoms with Crippen molar-refractivity contribution in [2.45, 2.75) is 39.0 Å². The van der Waals surface area contributed by atoms with E-state index < -0.39 is 11.7 Å². The molecule has 0 heterocycles. The van der Waals surface area contributed by atoms with Gasteiger partial charge >= 0.3 is 6.18 Å². The quantitative estimate of drug-likeness (QED) is 0.768. The van der Waals surface area contributed by atoms with E-state index in [9.17, 15) is 13.2 Å². The van der Waals surface area contributed by atoms with Crippen molar-refractivity contribution < 1.29 is 17.9 Å². The number of nitriles is 1. The van der Waals surface area contributed by atoms with E-state index in [-0.39, 0.29) is 11.7 Å². The van der Waals surface area contributed by atoms with E-state index in [0.717, 1.165) is 18.9 Å². The molecular weight excluding hydrogens is 281 g/mol. The van der Waals surface area contributed by atoms with E-state index in [1.165, 1.54) is 12.1 Å². The van der Waals surface area contributed by atoms with Crippen molar-refractivity contribution in [3.8, 4) is 6.07 Å². The van der Waals surface area contributed by atoms with Crippen LogP contribution in [0.4, 0.5) is 18.9 Å². The van der Waals surface area contributed by atoms with Gasteiger partial charge in [-0.3, -0.25) is 0 Å². The number of benzene rings is 1. The van der Waals surface area contributed by atoms with E-state index >= 15 is 0 Å². The van der Waals surface area contributed by atoms with Crippen LogP contribution in [-0.2, 0) is 10.9 Å². The Labute approximate surface area is 122 Å². The number of alkyl halides is 3. The third-order valence-electron chi connectivity index (χ3n) is 2.80. The van der Waals surface area contributed by atoms with Gasteiger partial charge < -0.3 is 10.1 Å². The van der Waals surface area contributed by atoms with Gasteiger partial charge in [0, 0.05) is 18.8 Å². The molecule has 1 aromatic carbocycles. The monoisotopic (exact) mass is 300 g/mol. The standard InChI is InChI=1S/C15H19F3N2O/c1-11(2)21-8-4-3-7-20-13-6-5-12(10-19)14(9-13)15(16,17)18/h5-6,9,11,20H,3-4,7-8H2,1-2H3. The fourth-order valence-corrected chi connectivity index (χ4v) is 1.77. The predicted octanol–water partition coefficient (Wildman–Crippen LogP) is 4.19. The number of ether oxygens (including phenoxy) is 1. The highest BCUT2D eigenvalue weighted by atomic mass is 19.4. The van der Waals surface area contributed by atoms with Crippen LogP contribution in [0.5, 0.6) is 0 Å². The van der Waals surface area contributed by atoms with E-state index in [1.807, 2.05) is 13.8 Å². The number of anilines is 1. The molecule has 0 radical (unpaired) electrons. The van der Waals surface area contributed by atoms with Crippen LogP contribution in [0.2, 0.25) is 0 Å². The molecule has 0 aliphatic carbocycles. The van der Waals surface area contributed by atoms with Crippen molar-refractivity contribution in [1.82, 2.24) is 0 Å². The van der Waals surface area contributed by atoms with Crippen molar-refractivity contribution in [2.75, 3.05) is 18.5 Å². The van der Waals surface area contributed by atoms with E-state index in [0.29, 0.717) is 18.8 Å². The van der Waals surface area contributed by atoms with Gasteiger partial charge in [-0.15, -0.1) is 0 Å². The molecule has 0 aromatic heterocycles. The van der Waals surface area contributed by atoms with Crippen molar-refractivity contribution >= 4 is 5.69 Å². The topological polar surface area (TPSA) is 45.0 Å². The molecule has 116 valence electrons. The number of halogens is 3. The Morgan fingerprint density at radius 3 is 2.57 bits per heavy atom. The summed E-state index contributed by atoms with van der Waals surface area (Å²) < 4.78 is 43.7. The summed E-state index contributed by atoms with van der Waals surface area (Å²) in [5, 5.41) is 11.6. The van der Waals surface area contributed by atoms with Crippen LogP contribution in [0.25, 0.3) is 0 Å². The second-order valence-electron chi connectivity index (χ2n) is 4.92. The Kier molecular flexibility index (Phi) is 6.50. The lowest BCUT2D eigenvalue weighted by Gasteiger charge is -2.12. The first-order valence-electron chi connectivity index (χ1n) is 6.81. The van der Waals surface area contributed by atoms with Crippen molar-refractivity contribution in [3.05, 3.63) is 29.3 Å². The lowest BCUT2D eigenvalue weighted by atomic mass is 10.1. The summed E-state index contributed by atoms with van der Waals surface area (Å²) in [6.45, 7) is 5.10. The Balaban J connectivity index is 2.52. The largest absolute Gasteiger partial charge is 0.417 e. The first-order valence-corrected chi connectivity index (χ1v) is 6.81. The fraction of sp³-hybridized carbons (Fsp3) is 0.533. The summed E-state index contributed by atoms with van der Waals surface area (Å²) >= 11 is 0. The van der Waals surface area contributed by atoms with Gasteiger partial charge in [0.1, 0.15) is 0 Å². The molecule has 6 heteroatoms. The summed E-state index contributed by atoms with van der Waals surface area (Å²) in [6, 6.07) is 5.21. The highest BCUT2D eigenvalue weighted by molar-refractivity contribution is 5.53. The van der Waals surface area contributed by atoms with Gasteiger partial charge in [-0.1, -0.05) is 0 Å². The number of nitrogens with one attached hydrogen (secondary N) is 1. The summed E-state index contributed by atoms with van der Waals surface area (Å²) in [5.41, 5.74) is -0.900. The molecule has 0 aliphatic rings. The number of rotatable bonds is 7. The molecule has 3 nitrogen and oxygen atoms in total. The highest BCUT2D eigenvalue weighted by Gasteiger charge is 2.33. The zero-order chi connectivity index (χ0) is 15.9. The first-order chi connectivity index (χ1) is 9.84. The maximum absolute atomic E-state index is 12.8. The van der Waals surface area contributed by atoms with Crippen LogP contribution in [0.3, 0.4) is 0 Å². The maximum Gasteiger partial charge on any atom is 0.417 e. The van der Waals surface area contributed by atoms with Crippen molar-refractivity contribution in [3.63, 3.8) is 0 Å². The Morgan fingerprint density at radius 2 is 2.00 bits per heavy atom. The number of nitrogens with zero attached hydrogens (tertiary/aromatic N) is 1. The molecule has 1 aromatic rings. The average Bonchev–Trinajstić information content (AvgIpc) is 2.41. The van der Waals surface area contributed by atoms with Crippen molar-refractivity contribution in [2.24, 2.45) is 0 Å². The van der Waals surface area contributed by atoms with E-state index in [1.54, 1.807) is 6.07 Å². The van der Waals surface area contributed by atoms with Crippen LogP contribution in [0.1, 0.15) is 37.8 Å². The fourth-order valence-electron chi connectivity index (χ4n) is 1.77. The Bertz CT molecular complexity index is 493. The van der Waals surface area contributed by atoms with Gasteiger partial charge in [0.15, 0.2) is 0 Å². The molecule has 0 bridgehead atoms. The molecule has 0 saturated heterocycles. The zero-order valence-corrected chi connectivity index (χ0v) is 12.1. The molecule has 1 rings (SSSR count). The summed E-state index contributed by atoms with van der Waals surface area (Å²) in [7, 11) is 0. The first kappa shape index (κ1) is 17.3. The smallest absolute Gasteiger partial charge is 0.385 e. The Hall–Kier alpha value is -1.74. The second kappa shape index (κ2) is 7.89. The minimum Gasteiger partial charge on any atom is -0.385 e. The summed E-state index contributed by atoms with van der Waals surface area (Å²) in [4.78, 5) is 0. The molecule has 0 saturated carbocycles. The lowest BCUT2D eigenvalue weighted by molar-refractivity contribution is -0.137. The zero-order valence-electron chi connectivity index (χ0n) is 12.1. The SMILES string of the molecule is CC(C)OCCCCNc1ccc(C#N)c(C(F)(F)F)c1. The van der Waals surface area contributed by atoms with Gasteiger partial charge in [-0.25, -0.2) is 0 Å². The average molecular weight is 300 g/mol. The lowest BCUT2D eigenvalue weighted by Crippen LogP contribution is -2.10. The molecule has 1 N–H and O–H groups in total.